The third-order valence-electron chi connectivity index (χ3n) is 5.02. The number of Topliss-reactive ketones (excluding diaryl/α,β-unsaturated/α-hetero) is 2. The van der Waals surface area contributed by atoms with Crippen LogP contribution in [0, 0.1) is 25.6 Å². The van der Waals surface area contributed by atoms with E-state index >= 15 is 0 Å². The van der Waals surface area contributed by atoms with Crippen LogP contribution in [-0.4, -0.2) is 41.6 Å². The van der Waals surface area contributed by atoms with E-state index in [9.17, 15) is 23.6 Å². The molecule has 2 aromatic rings. The first-order valence-corrected chi connectivity index (χ1v) is 9.15. The first-order valence-electron chi connectivity index (χ1n) is 9.15. The number of ketones is 2. The molecule has 0 spiro atoms. The number of ether oxygens (including phenoxy) is 1. The van der Waals surface area contributed by atoms with Gasteiger partial charge in [-0.25, -0.2) is 4.39 Å². The van der Waals surface area contributed by atoms with Crippen molar-refractivity contribution in [1.82, 2.24) is 4.98 Å². The Hall–Kier alpha value is -3.29. The van der Waals surface area contributed by atoms with Gasteiger partial charge in [-0.1, -0.05) is 12.1 Å². The summed E-state index contributed by atoms with van der Waals surface area (Å²) in [5.41, 5.74) is 1.86. The van der Waals surface area contributed by atoms with Crippen LogP contribution in [-0.2, 0) is 14.3 Å². The molecule has 1 aromatic carbocycles. The smallest absolute Gasteiger partial charge is 0.311 e. The Balaban J connectivity index is 1.64. The molecule has 1 N–H and O–H groups in total. The summed E-state index contributed by atoms with van der Waals surface area (Å²) in [6.45, 7) is 4.23. The van der Waals surface area contributed by atoms with Crippen LogP contribution in [0.2, 0.25) is 0 Å². The van der Waals surface area contributed by atoms with Crippen LogP contribution >= 0.6 is 0 Å². The van der Waals surface area contributed by atoms with Crippen LogP contribution in [0.5, 0.6) is 0 Å². The van der Waals surface area contributed by atoms with Gasteiger partial charge in [-0.3, -0.25) is 19.2 Å². The second-order valence-electron chi connectivity index (χ2n) is 7.07. The van der Waals surface area contributed by atoms with Crippen molar-refractivity contribution in [2.75, 3.05) is 18.1 Å². The van der Waals surface area contributed by atoms with Crippen molar-refractivity contribution in [3.63, 3.8) is 0 Å². The van der Waals surface area contributed by atoms with Gasteiger partial charge in [0.25, 0.3) is 0 Å². The number of hydrogen-bond acceptors (Lipinski definition) is 5. The van der Waals surface area contributed by atoms with Gasteiger partial charge in [0, 0.05) is 24.2 Å². The molecule has 7 nitrogen and oxygen atoms in total. The van der Waals surface area contributed by atoms with Gasteiger partial charge in [-0.15, -0.1) is 0 Å². The lowest BCUT2D eigenvalue weighted by atomic mass is 10.1. The zero-order valence-electron chi connectivity index (χ0n) is 16.4. The molecule has 1 aliphatic rings. The van der Waals surface area contributed by atoms with Crippen molar-refractivity contribution < 1.29 is 28.3 Å². The van der Waals surface area contributed by atoms with E-state index in [-0.39, 0.29) is 36.0 Å². The topological polar surface area (TPSA) is 96.5 Å². The summed E-state index contributed by atoms with van der Waals surface area (Å²) in [5.74, 6) is -3.05. The molecular formula is C21H21FN2O5. The molecule has 0 radical (unpaired) electrons. The summed E-state index contributed by atoms with van der Waals surface area (Å²) < 4.78 is 19.0. The third kappa shape index (κ3) is 3.96. The second-order valence-corrected chi connectivity index (χ2v) is 7.07. The Kier molecular flexibility index (Phi) is 5.63. The maximum absolute atomic E-state index is 13.9. The molecule has 0 bridgehead atoms. The zero-order chi connectivity index (χ0) is 21.3. The minimum absolute atomic E-state index is 0.0120. The van der Waals surface area contributed by atoms with Crippen LogP contribution in [0.1, 0.15) is 45.4 Å². The van der Waals surface area contributed by atoms with Gasteiger partial charge in [-0.2, -0.15) is 0 Å². The molecule has 152 valence electrons. The first kappa shape index (κ1) is 20.4. The highest BCUT2D eigenvalue weighted by Crippen LogP contribution is 2.28. The molecule has 1 aromatic heterocycles. The average Bonchev–Trinajstić information content (AvgIpc) is 3.19. The van der Waals surface area contributed by atoms with Crippen LogP contribution in [0.15, 0.2) is 24.3 Å². The molecule has 0 aliphatic carbocycles. The van der Waals surface area contributed by atoms with E-state index < -0.39 is 30.1 Å². The van der Waals surface area contributed by atoms with E-state index in [1.54, 1.807) is 19.9 Å². The molecule has 2 heterocycles. The molecule has 1 atom stereocenters. The molecular weight excluding hydrogens is 379 g/mol. The van der Waals surface area contributed by atoms with E-state index in [0.29, 0.717) is 16.8 Å². The fourth-order valence-electron chi connectivity index (χ4n) is 3.65. The maximum Gasteiger partial charge on any atom is 0.311 e. The van der Waals surface area contributed by atoms with E-state index in [1.165, 1.54) is 30.0 Å². The highest BCUT2D eigenvalue weighted by atomic mass is 19.1. The van der Waals surface area contributed by atoms with E-state index in [1.807, 2.05) is 0 Å². The highest BCUT2D eigenvalue weighted by molar-refractivity contribution is 6.04. The summed E-state index contributed by atoms with van der Waals surface area (Å²) in [4.78, 5) is 52.7. The number of halogens is 1. The summed E-state index contributed by atoms with van der Waals surface area (Å²) in [5, 5.41) is 0. The Bertz CT molecular complexity index is 1010. The molecule has 3 rings (SSSR count). The lowest BCUT2D eigenvalue weighted by Crippen LogP contribution is -2.28. The summed E-state index contributed by atoms with van der Waals surface area (Å²) in [6.07, 6.45) is -0.115. The fraction of sp³-hybridized carbons (Fsp3) is 0.333. The lowest BCUT2D eigenvalue weighted by Gasteiger charge is -2.17. The SMILES string of the molecule is CC(=O)c1c(C)[nH]c(C(=O)COC(=O)[C@H]2CC(=O)N(c3ccccc3F)C2)c1C. The maximum atomic E-state index is 13.9. The number of H-pyrrole nitrogens is 1. The molecule has 1 aliphatic heterocycles. The molecule has 0 unspecified atom stereocenters. The zero-order valence-corrected chi connectivity index (χ0v) is 16.4. The largest absolute Gasteiger partial charge is 0.457 e. The fourth-order valence-corrected chi connectivity index (χ4v) is 3.65. The van der Waals surface area contributed by atoms with Crippen molar-refractivity contribution in [1.29, 1.82) is 0 Å². The number of nitrogens with one attached hydrogen (secondary N) is 1. The van der Waals surface area contributed by atoms with Crippen molar-refractivity contribution in [3.8, 4) is 0 Å². The molecule has 1 fully saturated rings. The van der Waals surface area contributed by atoms with Crippen molar-refractivity contribution >= 4 is 29.1 Å². The van der Waals surface area contributed by atoms with Crippen molar-refractivity contribution in [2.45, 2.75) is 27.2 Å². The highest BCUT2D eigenvalue weighted by Gasteiger charge is 2.37. The van der Waals surface area contributed by atoms with Crippen LogP contribution in [0.4, 0.5) is 10.1 Å². The number of benzene rings is 1. The number of carbonyl (C=O) groups excluding carboxylic acids is 4. The summed E-state index contributed by atoms with van der Waals surface area (Å²) in [7, 11) is 0. The summed E-state index contributed by atoms with van der Waals surface area (Å²) in [6, 6.07) is 5.82. The van der Waals surface area contributed by atoms with Gasteiger partial charge < -0.3 is 14.6 Å². The van der Waals surface area contributed by atoms with Gasteiger partial charge in [0.2, 0.25) is 11.7 Å². The molecule has 1 saturated heterocycles. The average molecular weight is 400 g/mol. The molecule has 1 amide bonds. The standard InChI is InChI=1S/C21H21FN2O5/c1-11-19(13(3)25)12(2)23-20(11)17(26)10-29-21(28)14-8-18(27)24(9-14)16-7-5-4-6-15(16)22/h4-7,14,23H,8-10H2,1-3H3/t14-/m0/s1. The summed E-state index contributed by atoms with van der Waals surface area (Å²) >= 11 is 0. The normalized spacial score (nSPS) is 16.2. The van der Waals surface area contributed by atoms with E-state index in [0.717, 1.165) is 0 Å². The van der Waals surface area contributed by atoms with Crippen molar-refractivity contribution in [3.05, 3.63) is 52.6 Å². The number of hydrogen-bond donors (Lipinski definition) is 1. The van der Waals surface area contributed by atoms with Crippen LogP contribution in [0.25, 0.3) is 0 Å². The number of amides is 1. The number of anilines is 1. The van der Waals surface area contributed by atoms with Gasteiger partial charge >= 0.3 is 5.97 Å². The van der Waals surface area contributed by atoms with Gasteiger partial charge in [0.05, 0.1) is 17.3 Å². The number of esters is 1. The number of para-hydroxylation sites is 1. The Labute approximate surface area is 166 Å². The van der Waals surface area contributed by atoms with E-state index in [2.05, 4.69) is 4.98 Å². The number of aryl methyl sites for hydroxylation is 1. The number of aromatic amines is 1. The minimum Gasteiger partial charge on any atom is -0.457 e. The number of carbonyl (C=O) groups is 4. The van der Waals surface area contributed by atoms with Gasteiger partial charge in [-0.05, 0) is 38.5 Å². The number of aromatic nitrogens is 1. The van der Waals surface area contributed by atoms with Crippen molar-refractivity contribution in [2.24, 2.45) is 5.92 Å². The number of nitrogens with zero attached hydrogens (tertiary/aromatic N) is 1. The predicted molar refractivity (Wildman–Crippen MR) is 102 cm³/mol. The third-order valence-corrected chi connectivity index (χ3v) is 5.02. The lowest BCUT2D eigenvalue weighted by molar-refractivity contribution is -0.147. The second kappa shape index (κ2) is 7.98. The van der Waals surface area contributed by atoms with Gasteiger partial charge in [0.1, 0.15) is 5.82 Å². The Morgan fingerprint density at radius 2 is 1.93 bits per heavy atom. The van der Waals surface area contributed by atoms with E-state index in [4.69, 9.17) is 4.74 Å². The Morgan fingerprint density at radius 1 is 1.24 bits per heavy atom. The monoisotopic (exact) mass is 400 g/mol. The van der Waals surface area contributed by atoms with Crippen LogP contribution in [0.3, 0.4) is 0 Å². The predicted octanol–water partition coefficient (Wildman–Crippen LogP) is 2.75. The Morgan fingerprint density at radius 3 is 2.55 bits per heavy atom. The number of rotatable bonds is 6. The van der Waals surface area contributed by atoms with Gasteiger partial charge in [0.15, 0.2) is 12.4 Å². The molecule has 0 saturated carbocycles. The minimum atomic E-state index is -0.783. The first-order chi connectivity index (χ1) is 13.7. The quantitative estimate of drug-likeness (QED) is 0.594. The molecule has 8 heteroatoms. The van der Waals surface area contributed by atoms with Crippen LogP contribution < -0.4 is 4.90 Å². The molecule has 29 heavy (non-hydrogen) atoms.